The van der Waals surface area contributed by atoms with Gasteiger partial charge in [0, 0.05) is 10.6 Å². The number of aryl methyl sites for hydroxylation is 1. The summed E-state index contributed by atoms with van der Waals surface area (Å²) in [5.74, 6) is 2.74. The highest BCUT2D eigenvalue weighted by molar-refractivity contribution is 7.99. The number of unbranched alkanes of at least 4 members (excludes halogenated alkanes) is 1. The molecule has 0 heterocycles. The van der Waals surface area contributed by atoms with Crippen LogP contribution in [-0.2, 0) is 16.3 Å². The first-order valence-electron chi connectivity index (χ1n) is 7.51. The number of hydrogen-bond donors (Lipinski definition) is 0. The topological polar surface area (TPSA) is 34.1 Å². The molecule has 0 atom stereocenters. The number of benzene rings is 1. The van der Waals surface area contributed by atoms with Gasteiger partial charge in [-0.1, -0.05) is 25.5 Å². The third-order valence-electron chi connectivity index (χ3n) is 3.59. The molecular formula is C16H24O2S2. The number of hydrogen-bond acceptors (Lipinski definition) is 3. The molecule has 2 rings (SSSR count). The summed E-state index contributed by atoms with van der Waals surface area (Å²) in [4.78, 5) is 1.28. The average molecular weight is 313 g/mol. The SMILES string of the molecule is CCCCS(=O)(=O)CCc1cccc(SCC2CC2)c1. The Morgan fingerprint density at radius 1 is 1.25 bits per heavy atom. The van der Waals surface area contributed by atoms with Crippen molar-refractivity contribution >= 4 is 21.6 Å². The Labute approximate surface area is 127 Å². The molecule has 1 aliphatic rings. The Bertz CT molecular complexity index is 519. The summed E-state index contributed by atoms with van der Waals surface area (Å²) in [5.41, 5.74) is 1.14. The predicted octanol–water partition coefficient (Wildman–Crippen LogP) is 3.95. The molecule has 2 nitrogen and oxygen atoms in total. The summed E-state index contributed by atoms with van der Waals surface area (Å²) >= 11 is 1.90. The van der Waals surface area contributed by atoms with E-state index >= 15 is 0 Å². The van der Waals surface area contributed by atoms with E-state index in [4.69, 9.17) is 0 Å². The van der Waals surface area contributed by atoms with E-state index in [9.17, 15) is 8.42 Å². The largest absolute Gasteiger partial charge is 0.229 e. The van der Waals surface area contributed by atoms with Crippen molar-refractivity contribution in [2.45, 2.75) is 43.9 Å². The molecule has 0 radical (unpaired) electrons. The Hall–Kier alpha value is -0.480. The molecular weight excluding hydrogens is 288 g/mol. The normalized spacial score (nSPS) is 15.4. The Balaban J connectivity index is 1.83. The molecule has 1 aliphatic carbocycles. The third kappa shape index (κ3) is 5.88. The summed E-state index contributed by atoms with van der Waals surface area (Å²) in [5, 5.41) is 0. The molecule has 0 spiro atoms. The zero-order chi connectivity index (χ0) is 14.4. The van der Waals surface area contributed by atoms with Gasteiger partial charge >= 0.3 is 0 Å². The lowest BCUT2D eigenvalue weighted by Crippen LogP contribution is -2.12. The zero-order valence-electron chi connectivity index (χ0n) is 12.2. The molecule has 112 valence electrons. The van der Waals surface area contributed by atoms with Crippen molar-refractivity contribution in [1.29, 1.82) is 0 Å². The van der Waals surface area contributed by atoms with E-state index in [-0.39, 0.29) is 5.75 Å². The fourth-order valence-electron chi connectivity index (χ4n) is 2.03. The molecule has 0 N–H and O–H groups in total. The predicted molar refractivity (Wildman–Crippen MR) is 87.2 cm³/mol. The maximum absolute atomic E-state index is 11.9. The first kappa shape index (κ1) is 15.9. The van der Waals surface area contributed by atoms with Crippen molar-refractivity contribution in [3.63, 3.8) is 0 Å². The van der Waals surface area contributed by atoms with Crippen molar-refractivity contribution in [2.24, 2.45) is 5.92 Å². The van der Waals surface area contributed by atoms with Crippen molar-refractivity contribution in [2.75, 3.05) is 17.3 Å². The zero-order valence-corrected chi connectivity index (χ0v) is 13.8. The molecule has 1 saturated carbocycles. The lowest BCUT2D eigenvalue weighted by Gasteiger charge is -2.06. The van der Waals surface area contributed by atoms with Crippen LogP contribution in [0.5, 0.6) is 0 Å². The van der Waals surface area contributed by atoms with Crippen LogP contribution >= 0.6 is 11.8 Å². The maximum atomic E-state index is 11.9. The van der Waals surface area contributed by atoms with Gasteiger partial charge in [-0.2, -0.15) is 0 Å². The van der Waals surface area contributed by atoms with Gasteiger partial charge in [0.2, 0.25) is 0 Å². The van der Waals surface area contributed by atoms with Crippen molar-refractivity contribution in [3.8, 4) is 0 Å². The van der Waals surface area contributed by atoms with Crippen LogP contribution in [0.2, 0.25) is 0 Å². The molecule has 0 saturated heterocycles. The summed E-state index contributed by atoms with van der Waals surface area (Å²) in [6.07, 6.45) is 5.11. The van der Waals surface area contributed by atoms with Crippen molar-refractivity contribution in [3.05, 3.63) is 29.8 Å². The van der Waals surface area contributed by atoms with Crippen LogP contribution in [0.25, 0.3) is 0 Å². The lowest BCUT2D eigenvalue weighted by molar-refractivity contribution is 0.592. The lowest BCUT2D eigenvalue weighted by atomic mass is 10.2. The quantitative estimate of drug-likeness (QED) is 0.648. The van der Waals surface area contributed by atoms with Crippen LogP contribution in [0.1, 0.15) is 38.2 Å². The van der Waals surface area contributed by atoms with Gasteiger partial charge < -0.3 is 0 Å². The fraction of sp³-hybridized carbons (Fsp3) is 0.625. The van der Waals surface area contributed by atoms with E-state index in [1.54, 1.807) is 0 Å². The summed E-state index contributed by atoms with van der Waals surface area (Å²) in [6, 6.07) is 8.37. The highest BCUT2D eigenvalue weighted by Gasteiger charge is 2.21. The van der Waals surface area contributed by atoms with Crippen LogP contribution < -0.4 is 0 Å². The molecule has 4 heteroatoms. The number of rotatable bonds is 9. The van der Waals surface area contributed by atoms with Crippen molar-refractivity contribution < 1.29 is 8.42 Å². The van der Waals surface area contributed by atoms with Gasteiger partial charge in [0.1, 0.15) is 0 Å². The standard InChI is InChI=1S/C16H24O2S2/c1-2-3-10-20(17,18)11-9-14-5-4-6-16(12-14)19-13-15-7-8-15/h4-6,12,15H,2-3,7-11,13H2,1H3. The van der Waals surface area contributed by atoms with E-state index in [1.165, 1.54) is 23.5 Å². The first-order chi connectivity index (χ1) is 9.59. The highest BCUT2D eigenvalue weighted by atomic mass is 32.2. The Morgan fingerprint density at radius 2 is 2.05 bits per heavy atom. The van der Waals surface area contributed by atoms with E-state index in [0.717, 1.165) is 24.3 Å². The van der Waals surface area contributed by atoms with Gasteiger partial charge in [-0.05, 0) is 49.3 Å². The van der Waals surface area contributed by atoms with Crippen LogP contribution in [-0.4, -0.2) is 25.7 Å². The second-order valence-electron chi connectivity index (χ2n) is 5.66. The van der Waals surface area contributed by atoms with E-state index in [1.807, 2.05) is 30.8 Å². The van der Waals surface area contributed by atoms with Crippen molar-refractivity contribution in [1.82, 2.24) is 0 Å². The van der Waals surface area contributed by atoms with Gasteiger partial charge in [-0.25, -0.2) is 8.42 Å². The second-order valence-corrected chi connectivity index (χ2v) is 9.05. The van der Waals surface area contributed by atoms with Gasteiger partial charge in [0.25, 0.3) is 0 Å². The minimum Gasteiger partial charge on any atom is -0.229 e. The monoisotopic (exact) mass is 312 g/mol. The number of sulfone groups is 1. The first-order valence-corrected chi connectivity index (χ1v) is 10.3. The van der Waals surface area contributed by atoms with Crippen LogP contribution in [0.4, 0.5) is 0 Å². The Kier molecular flexibility index (Phi) is 5.97. The van der Waals surface area contributed by atoms with E-state index in [0.29, 0.717) is 12.2 Å². The summed E-state index contributed by atoms with van der Waals surface area (Å²) in [6.45, 7) is 2.02. The van der Waals surface area contributed by atoms with E-state index < -0.39 is 9.84 Å². The molecule has 20 heavy (non-hydrogen) atoms. The van der Waals surface area contributed by atoms with Crippen LogP contribution in [0.3, 0.4) is 0 Å². The summed E-state index contributed by atoms with van der Waals surface area (Å²) in [7, 11) is -2.88. The molecule has 1 fully saturated rings. The molecule has 0 amide bonds. The molecule has 0 unspecified atom stereocenters. The fourth-order valence-corrected chi connectivity index (χ4v) is 4.68. The number of thioether (sulfide) groups is 1. The van der Waals surface area contributed by atoms with E-state index in [2.05, 4.69) is 12.1 Å². The highest BCUT2D eigenvalue weighted by Crippen LogP contribution is 2.35. The Morgan fingerprint density at radius 3 is 2.75 bits per heavy atom. The average Bonchev–Trinajstić information content (AvgIpc) is 3.26. The molecule has 0 aromatic heterocycles. The minimum absolute atomic E-state index is 0.281. The smallest absolute Gasteiger partial charge is 0.150 e. The summed E-state index contributed by atoms with van der Waals surface area (Å²) < 4.78 is 23.7. The van der Waals surface area contributed by atoms with Gasteiger partial charge in [-0.3, -0.25) is 0 Å². The molecule has 0 bridgehead atoms. The third-order valence-corrected chi connectivity index (χ3v) is 6.55. The van der Waals surface area contributed by atoms with Gasteiger partial charge in [0.05, 0.1) is 11.5 Å². The molecule has 1 aromatic carbocycles. The molecule has 1 aromatic rings. The van der Waals surface area contributed by atoms with Gasteiger partial charge in [0.15, 0.2) is 9.84 Å². The minimum atomic E-state index is -2.88. The maximum Gasteiger partial charge on any atom is 0.150 e. The van der Waals surface area contributed by atoms with Crippen LogP contribution in [0.15, 0.2) is 29.2 Å². The van der Waals surface area contributed by atoms with Gasteiger partial charge in [-0.15, -0.1) is 11.8 Å². The second kappa shape index (κ2) is 7.51. The molecule has 0 aliphatic heterocycles. The van der Waals surface area contributed by atoms with Crippen LogP contribution in [0, 0.1) is 5.92 Å².